The van der Waals surface area contributed by atoms with Crippen molar-refractivity contribution in [2.75, 3.05) is 44.7 Å². The van der Waals surface area contributed by atoms with Gasteiger partial charge in [-0.3, -0.25) is 4.90 Å². The topological polar surface area (TPSA) is 44.8 Å². The van der Waals surface area contributed by atoms with Crippen LogP contribution in [0.25, 0.3) is 0 Å². The van der Waals surface area contributed by atoms with E-state index in [1.165, 1.54) is 5.56 Å². The van der Waals surface area contributed by atoms with E-state index < -0.39 is 0 Å². The molecule has 0 unspecified atom stereocenters. The highest BCUT2D eigenvalue weighted by molar-refractivity contribution is 6.30. The van der Waals surface area contributed by atoms with E-state index >= 15 is 0 Å². The summed E-state index contributed by atoms with van der Waals surface area (Å²) in [5.41, 5.74) is 2.04. The van der Waals surface area contributed by atoms with Crippen LogP contribution in [0.2, 0.25) is 5.02 Å². The lowest BCUT2D eigenvalue weighted by Crippen LogP contribution is -2.57. The van der Waals surface area contributed by atoms with Crippen molar-refractivity contribution in [3.05, 3.63) is 65.2 Å². The molecule has 0 radical (unpaired) electrons. The number of benzene rings is 2. The quantitative estimate of drug-likeness (QED) is 0.841. The second-order valence-electron chi connectivity index (χ2n) is 7.42. The van der Waals surface area contributed by atoms with Gasteiger partial charge in [0.05, 0.1) is 13.2 Å². The number of piperidine rings is 1. The number of rotatable bonds is 3. The lowest BCUT2D eigenvalue weighted by Gasteiger charge is -2.50. The van der Waals surface area contributed by atoms with Crippen molar-refractivity contribution in [2.45, 2.75) is 18.4 Å². The van der Waals surface area contributed by atoms with Gasteiger partial charge in [0, 0.05) is 42.4 Å². The number of morpholine rings is 1. The Morgan fingerprint density at radius 1 is 0.964 bits per heavy atom. The van der Waals surface area contributed by atoms with Crippen LogP contribution in [0, 0.1) is 0 Å². The van der Waals surface area contributed by atoms with Crippen LogP contribution in [-0.2, 0) is 10.3 Å². The Balaban J connectivity index is 1.48. The molecule has 2 aromatic rings. The van der Waals surface area contributed by atoms with Crippen molar-refractivity contribution in [1.29, 1.82) is 0 Å². The molecule has 6 heteroatoms. The van der Waals surface area contributed by atoms with Crippen molar-refractivity contribution in [3.63, 3.8) is 0 Å². The number of anilines is 1. The van der Waals surface area contributed by atoms with Crippen LogP contribution < -0.4 is 5.32 Å². The van der Waals surface area contributed by atoms with E-state index in [-0.39, 0.29) is 11.6 Å². The zero-order chi connectivity index (χ0) is 19.4. The summed E-state index contributed by atoms with van der Waals surface area (Å²) >= 11 is 6.02. The number of carbonyl (C=O) groups is 1. The van der Waals surface area contributed by atoms with Crippen LogP contribution in [0.15, 0.2) is 54.6 Å². The molecule has 2 saturated heterocycles. The first-order chi connectivity index (χ1) is 13.7. The van der Waals surface area contributed by atoms with Gasteiger partial charge in [-0.25, -0.2) is 4.79 Å². The van der Waals surface area contributed by atoms with Gasteiger partial charge in [0.25, 0.3) is 0 Å². The number of amides is 2. The fourth-order valence-electron chi connectivity index (χ4n) is 4.38. The molecule has 0 aromatic heterocycles. The SMILES string of the molecule is O=C(Nc1cccc(Cl)c1)N1CCC(c2ccccc2)(N2CCOCC2)CC1. The number of urea groups is 1. The summed E-state index contributed by atoms with van der Waals surface area (Å²) in [4.78, 5) is 17.2. The van der Waals surface area contributed by atoms with Crippen LogP contribution in [0.1, 0.15) is 18.4 Å². The summed E-state index contributed by atoms with van der Waals surface area (Å²) in [5.74, 6) is 0. The molecule has 0 atom stereocenters. The lowest BCUT2D eigenvalue weighted by atomic mass is 9.79. The molecule has 2 aliphatic rings. The van der Waals surface area contributed by atoms with Gasteiger partial charge in [0.1, 0.15) is 0 Å². The van der Waals surface area contributed by atoms with E-state index in [9.17, 15) is 4.79 Å². The third-order valence-electron chi connectivity index (χ3n) is 5.88. The van der Waals surface area contributed by atoms with Crippen LogP contribution in [0.4, 0.5) is 10.5 Å². The summed E-state index contributed by atoms with van der Waals surface area (Å²) in [6, 6.07) is 17.9. The number of halogens is 1. The maximum Gasteiger partial charge on any atom is 0.321 e. The van der Waals surface area contributed by atoms with Crippen LogP contribution in [0.5, 0.6) is 0 Å². The van der Waals surface area contributed by atoms with E-state index in [1.54, 1.807) is 12.1 Å². The third-order valence-corrected chi connectivity index (χ3v) is 6.12. The molecule has 28 heavy (non-hydrogen) atoms. The fourth-order valence-corrected chi connectivity index (χ4v) is 4.57. The van der Waals surface area contributed by atoms with Crippen molar-refractivity contribution < 1.29 is 9.53 Å². The first-order valence-corrected chi connectivity index (χ1v) is 10.2. The number of hydrogen-bond donors (Lipinski definition) is 1. The zero-order valence-electron chi connectivity index (χ0n) is 15.9. The highest BCUT2D eigenvalue weighted by atomic mass is 35.5. The highest BCUT2D eigenvalue weighted by Crippen LogP contribution is 2.39. The summed E-state index contributed by atoms with van der Waals surface area (Å²) < 4.78 is 5.58. The van der Waals surface area contributed by atoms with Crippen molar-refractivity contribution in [1.82, 2.24) is 9.80 Å². The number of nitrogens with one attached hydrogen (secondary N) is 1. The maximum atomic E-state index is 12.7. The molecule has 0 saturated carbocycles. The molecule has 1 N–H and O–H groups in total. The first-order valence-electron chi connectivity index (χ1n) is 9.87. The molecule has 4 rings (SSSR count). The minimum atomic E-state index is -0.0640. The summed E-state index contributed by atoms with van der Waals surface area (Å²) in [7, 11) is 0. The molecular formula is C22H26ClN3O2. The van der Waals surface area contributed by atoms with E-state index in [0.717, 1.165) is 57.9 Å². The molecular weight excluding hydrogens is 374 g/mol. The lowest BCUT2D eigenvalue weighted by molar-refractivity contribution is -0.0464. The Labute approximate surface area is 171 Å². The van der Waals surface area contributed by atoms with E-state index in [2.05, 4.69) is 40.5 Å². The molecule has 2 amide bonds. The molecule has 0 bridgehead atoms. The van der Waals surface area contributed by atoms with Crippen LogP contribution >= 0.6 is 11.6 Å². The summed E-state index contributed by atoms with van der Waals surface area (Å²) in [6.45, 7) is 4.85. The number of hydrogen-bond acceptors (Lipinski definition) is 3. The van der Waals surface area contributed by atoms with Gasteiger partial charge >= 0.3 is 6.03 Å². The molecule has 5 nitrogen and oxygen atoms in total. The number of nitrogens with zero attached hydrogens (tertiary/aromatic N) is 2. The Hall–Kier alpha value is -2.08. The second kappa shape index (κ2) is 8.52. The third kappa shape index (κ3) is 4.02. The molecule has 0 spiro atoms. The van der Waals surface area contributed by atoms with Gasteiger partial charge in [-0.15, -0.1) is 0 Å². The molecule has 148 valence electrons. The molecule has 2 aromatic carbocycles. The van der Waals surface area contributed by atoms with Crippen molar-refractivity contribution in [3.8, 4) is 0 Å². The minimum absolute atomic E-state index is 0.0299. The average molecular weight is 400 g/mol. The van der Waals surface area contributed by atoms with Gasteiger partial charge in [0.15, 0.2) is 0 Å². The summed E-state index contributed by atoms with van der Waals surface area (Å²) in [5, 5.41) is 3.59. The zero-order valence-corrected chi connectivity index (χ0v) is 16.7. The minimum Gasteiger partial charge on any atom is -0.379 e. The Bertz CT molecular complexity index is 800. The van der Waals surface area contributed by atoms with Gasteiger partial charge in [-0.05, 0) is 36.6 Å². The second-order valence-corrected chi connectivity index (χ2v) is 7.86. The van der Waals surface area contributed by atoms with Gasteiger partial charge in [-0.2, -0.15) is 0 Å². The molecule has 0 aliphatic carbocycles. The molecule has 2 heterocycles. The first kappa shape index (κ1) is 19.2. The Morgan fingerprint density at radius 3 is 2.36 bits per heavy atom. The predicted molar refractivity (Wildman–Crippen MR) is 112 cm³/mol. The highest BCUT2D eigenvalue weighted by Gasteiger charge is 2.42. The van der Waals surface area contributed by atoms with E-state index in [4.69, 9.17) is 16.3 Å². The number of ether oxygens (including phenoxy) is 1. The Morgan fingerprint density at radius 2 is 1.68 bits per heavy atom. The normalized spacial score (nSPS) is 20.0. The Kier molecular flexibility index (Phi) is 5.85. The van der Waals surface area contributed by atoms with E-state index in [0.29, 0.717) is 5.02 Å². The average Bonchev–Trinajstić information content (AvgIpc) is 2.75. The number of carbonyl (C=O) groups excluding carboxylic acids is 1. The fraction of sp³-hybridized carbons (Fsp3) is 0.409. The standard InChI is InChI=1S/C22H26ClN3O2/c23-19-7-4-8-20(17-19)24-21(27)25-11-9-22(10-12-25,18-5-2-1-3-6-18)26-13-15-28-16-14-26/h1-8,17H,9-16H2,(H,24,27). The van der Waals surface area contributed by atoms with Crippen molar-refractivity contribution >= 4 is 23.3 Å². The molecule has 2 aliphatic heterocycles. The van der Waals surface area contributed by atoms with Gasteiger partial charge in [-0.1, -0.05) is 48.0 Å². The summed E-state index contributed by atoms with van der Waals surface area (Å²) in [6.07, 6.45) is 1.83. The predicted octanol–water partition coefficient (Wildman–Crippen LogP) is 4.20. The maximum absolute atomic E-state index is 12.7. The number of likely N-dealkylation sites (tertiary alicyclic amines) is 1. The largest absolute Gasteiger partial charge is 0.379 e. The van der Waals surface area contributed by atoms with Crippen molar-refractivity contribution in [2.24, 2.45) is 0 Å². The smallest absolute Gasteiger partial charge is 0.321 e. The van der Waals surface area contributed by atoms with E-state index in [1.807, 2.05) is 17.0 Å². The van der Waals surface area contributed by atoms with Crippen LogP contribution in [0.3, 0.4) is 0 Å². The molecule has 2 fully saturated rings. The van der Waals surface area contributed by atoms with Gasteiger partial charge in [0.2, 0.25) is 0 Å². The van der Waals surface area contributed by atoms with Crippen LogP contribution in [-0.4, -0.2) is 55.2 Å². The monoisotopic (exact) mass is 399 g/mol. The van der Waals surface area contributed by atoms with Gasteiger partial charge < -0.3 is 15.0 Å².